The Morgan fingerprint density at radius 2 is 1.58 bits per heavy atom. The van der Waals surface area contributed by atoms with Gasteiger partial charge in [-0.1, -0.05) is 0 Å². The molecule has 19 heavy (non-hydrogen) atoms. The van der Waals surface area contributed by atoms with Gasteiger partial charge in [-0.15, -0.1) is 0 Å². The van der Waals surface area contributed by atoms with Gasteiger partial charge in [-0.05, 0) is 0 Å². The Kier molecular flexibility index (Phi) is 4.46. The van der Waals surface area contributed by atoms with Crippen LogP contribution < -0.4 is 4.74 Å². The number of carbonyl (C=O) groups is 3. The molecule has 0 aliphatic heterocycles. The maximum atomic E-state index is 11.6. The minimum absolute atomic E-state index is 0.105. The lowest BCUT2D eigenvalue weighted by Gasteiger charge is -2.09. The standard InChI is InChI=1S/C12H12O7/c1-6(13)18-5-11(17)12-9(15)3-8(4-10(12)16)19-7(2)14/h3-4,15-16H,5H2,1-2H3. The van der Waals surface area contributed by atoms with Crippen molar-refractivity contribution in [3.05, 3.63) is 17.7 Å². The fourth-order valence-electron chi connectivity index (χ4n) is 1.34. The van der Waals surface area contributed by atoms with Gasteiger partial charge >= 0.3 is 11.9 Å². The second kappa shape index (κ2) is 5.85. The average Bonchev–Trinajstić information content (AvgIpc) is 2.24. The molecule has 0 amide bonds. The fraction of sp³-hybridized carbons (Fsp3) is 0.250. The zero-order valence-corrected chi connectivity index (χ0v) is 10.3. The van der Waals surface area contributed by atoms with Crippen LogP contribution in [0.15, 0.2) is 12.1 Å². The van der Waals surface area contributed by atoms with Crippen LogP contribution in [-0.2, 0) is 14.3 Å². The van der Waals surface area contributed by atoms with Gasteiger partial charge in [0.2, 0.25) is 5.78 Å². The zero-order valence-electron chi connectivity index (χ0n) is 10.3. The predicted octanol–water partition coefficient (Wildman–Crippen LogP) is 0.769. The molecule has 0 heterocycles. The fourth-order valence-corrected chi connectivity index (χ4v) is 1.34. The third kappa shape index (κ3) is 3.98. The van der Waals surface area contributed by atoms with Gasteiger partial charge in [0.25, 0.3) is 0 Å². The normalized spacial score (nSPS) is 9.79. The number of Topliss-reactive ketones (excluding diaryl/α,β-unsaturated/α-hetero) is 1. The predicted molar refractivity (Wildman–Crippen MR) is 62.0 cm³/mol. The number of ether oxygens (including phenoxy) is 2. The topological polar surface area (TPSA) is 110 Å². The van der Waals surface area contributed by atoms with Crippen molar-refractivity contribution in [3.63, 3.8) is 0 Å². The summed E-state index contributed by atoms with van der Waals surface area (Å²) in [6, 6.07) is 2.00. The second-order valence-electron chi connectivity index (χ2n) is 3.63. The summed E-state index contributed by atoms with van der Waals surface area (Å²) in [6.07, 6.45) is 0. The summed E-state index contributed by atoms with van der Waals surface area (Å²) >= 11 is 0. The molecule has 1 rings (SSSR count). The number of aromatic hydroxyl groups is 2. The van der Waals surface area contributed by atoms with Gasteiger partial charge in [0.15, 0.2) is 6.61 Å². The smallest absolute Gasteiger partial charge is 0.308 e. The van der Waals surface area contributed by atoms with E-state index in [1.807, 2.05) is 0 Å². The van der Waals surface area contributed by atoms with Crippen LogP contribution >= 0.6 is 0 Å². The first-order valence-electron chi connectivity index (χ1n) is 5.22. The number of hydrogen-bond donors (Lipinski definition) is 2. The Morgan fingerprint density at radius 1 is 1.05 bits per heavy atom. The molecule has 0 spiro atoms. The highest BCUT2D eigenvalue weighted by molar-refractivity contribution is 6.02. The molecule has 0 saturated heterocycles. The van der Waals surface area contributed by atoms with E-state index in [1.165, 1.54) is 0 Å². The van der Waals surface area contributed by atoms with Crippen molar-refractivity contribution in [2.24, 2.45) is 0 Å². The van der Waals surface area contributed by atoms with E-state index >= 15 is 0 Å². The van der Waals surface area contributed by atoms with Gasteiger partial charge < -0.3 is 19.7 Å². The third-order valence-corrected chi connectivity index (χ3v) is 2.02. The quantitative estimate of drug-likeness (QED) is 0.471. The first-order chi connectivity index (χ1) is 8.81. The number of carbonyl (C=O) groups excluding carboxylic acids is 3. The summed E-state index contributed by atoms with van der Waals surface area (Å²) in [6.45, 7) is 1.66. The summed E-state index contributed by atoms with van der Waals surface area (Å²) in [5.74, 6) is -3.34. The molecule has 102 valence electrons. The monoisotopic (exact) mass is 268 g/mol. The molecule has 0 aliphatic rings. The van der Waals surface area contributed by atoms with Crippen LogP contribution in [0.3, 0.4) is 0 Å². The molecule has 7 heteroatoms. The van der Waals surface area contributed by atoms with Crippen LogP contribution in [0.4, 0.5) is 0 Å². The number of phenols is 2. The molecule has 0 unspecified atom stereocenters. The summed E-state index contributed by atoms with van der Waals surface area (Å²) in [4.78, 5) is 32.9. The van der Waals surface area contributed by atoms with Gasteiger partial charge in [0, 0.05) is 26.0 Å². The van der Waals surface area contributed by atoms with Crippen molar-refractivity contribution < 1.29 is 34.1 Å². The molecule has 0 bridgehead atoms. The van der Waals surface area contributed by atoms with Crippen LogP contribution in [0.1, 0.15) is 24.2 Å². The molecule has 2 N–H and O–H groups in total. The van der Waals surface area contributed by atoms with Crippen LogP contribution in [0.5, 0.6) is 17.2 Å². The van der Waals surface area contributed by atoms with Crippen LogP contribution in [0, 0.1) is 0 Å². The van der Waals surface area contributed by atoms with Gasteiger partial charge in [-0.3, -0.25) is 14.4 Å². The van der Waals surface area contributed by atoms with E-state index in [1.54, 1.807) is 0 Å². The molecule has 0 fully saturated rings. The summed E-state index contributed by atoms with van der Waals surface area (Å²) in [5.41, 5.74) is -0.405. The van der Waals surface area contributed by atoms with Crippen molar-refractivity contribution in [1.29, 1.82) is 0 Å². The third-order valence-electron chi connectivity index (χ3n) is 2.02. The lowest BCUT2D eigenvalue weighted by molar-refractivity contribution is -0.139. The number of ketones is 1. The summed E-state index contributed by atoms with van der Waals surface area (Å²) in [7, 11) is 0. The zero-order chi connectivity index (χ0) is 14.6. The van der Waals surface area contributed by atoms with E-state index in [9.17, 15) is 24.6 Å². The number of hydrogen-bond acceptors (Lipinski definition) is 7. The summed E-state index contributed by atoms with van der Waals surface area (Å²) < 4.78 is 9.12. The van der Waals surface area contributed by atoms with Crippen molar-refractivity contribution in [3.8, 4) is 17.2 Å². The lowest BCUT2D eigenvalue weighted by Crippen LogP contribution is -2.12. The van der Waals surface area contributed by atoms with Gasteiger partial charge in [-0.2, -0.15) is 0 Å². The highest BCUT2D eigenvalue weighted by Gasteiger charge is 2.19. The minimum atomic E-state index is -0.778. The van der Waals surface area contributed by atoms with E-state index in [2.05, 4.69) is 9.47 Å². The van der Waals surface area contributed by atoms with E-state index in [-0.39, 0.29) is 5.75 Å². The molecule has 0 saturated carbocycles. The Bertz CT molecular complexity index is 510. The molecule has 0 aliphatic carbocycles. The number of esters is 2. The maximum absolute atomic E-state index is 11.6. The highest BCUT2D eigenvalue weighted by Crippen LogP contribution is 2.33. The molecule has 1 aromatic rings. The molecule has 7 nitrogen and oxygen atoms in total. The molecule has 0 atom stereocenters. The summed E-state index contributed by atoms with van der Waals surface area (Å²) in [5, 5.41) is 19.2. The van der Waals surface area contributed by atoms with E-state index in [0.29, 0.717) is 0 Å². The Labute approximate surface area is 108 Å². The van der Waals surface area contributed by atoms with Crippen LogP contribution in [0.25, 0.3) is 0 Å². The Morgan fingerprint density at radius 3 is 2.00 bits per heavy atom. The van der Waals surface area contributed by atoms with Crippen LogP contribution in [-0.4, -0.2) is 34.5 Å². The second-order valence-corrected chi connectivity index (χ2v) is 3.63. The maximum Gasteiger partial charge on any atom is 0.308 e. The van der Waals surface area contributed by atoms with Crippen molar-refractivity contribution in [2.75, 3.05) is 6.61 Å². The molecule has 0 aromatic heterocycles. The number of rotatable bonds is 4. The molecule has 0 radical (unpaired) electrons. The molecular formula is C12H12O7. The largest absolute Gasteiger partial charge is 0.507 e. The van der Waals surface area contributed by atoms with E-state index in [4.69, 9.17) is 0 Å². The van der Waals surface area contributed by atoms with Gasteiger partial charge in [-0.25, -0.2) is 0 Å². The van der Waals surface area contributed by atoms with Crippen molar-refractivity contribution in [2.45, 2.75) is 13.8 Å². The van der Waals surface area contributed by atoms with Crippen LogP contribution in [0.2, 0.25) is 0 Å². The Hall–Kier alpha value is -2.57. The lowest BCUT2D eigenvalue weighted by atomic mass is 10.1. The van der Waals surface area contributed by atoms with Crippen molar-refractivity contribution in [1.82, 2.24) is 0 Å². The number of phenolic OH excluding ortho intramolecular Hbond substituents is 2. The molecule has 1 aromatic carbocycles. The SMILES string of the molecule is CC(=O)OCC(=O)c1c(O)cc(OC(C)=O)cc1O. The molecular weight excluding hydrogens is 256 g/mol. The van der Waals surface area contributed by atoms with E-state index in [0.717, 1.165) is 26.0 Å². The minimum Gasteiger partial charge on any atom is -0.507 e. The van der Waals surface area contributed by atoms with Crippen molar-refractivity contribution >= 4 is 17.7 Å². The highest BCUT2D eigenvalue weighted by atomic mass is 16.5. The first kappa shape index (κ1) is 14.5. The van der Waals surface area contributed by atoms with Gasteiger partial charge in [0.05, 0.1) is 0 Å². The van der Waals surface area contributed by atoms with Gasteiger partial charge in [0.1, 0.15) is 22.8 Å². The number of benzene rings is 1. The van der Waals surface area contributed by atoms with E-state index < -0.39 is 41.4 Å². The first-order valence-corrected chi connectivity index (χ1v) is 5.22. The average molecular weight is 268 g/mol. The Balaban J connectivity index is 2.99.